The molecule has 2 aromatic rings. The molecule has 1 aromatic carbocycles. The van der Waals surface area contributed by atoms with Gasteiger partial charge in [0.25, 0.3) is 0 Å². The van der Waals surface area contributed by atoms with Crippen LogP contribution in [0.2, 0.25) is 4.34 Å². The van der Waals surface area contributed by atoms with Gasteiger partial charge in [0.2, 0.25) is 0 Å². The lowest BCUT2D eigenvalue weighted by atomic mass is 10.2. The van der Waals surface area contributed by atoms with Crippen molar-refractivity contribution in [1.29, 1.82) is 0 Å². The van der Waals surface area contributed by atoms with Crippen molar-refractivity contribution in [1.82, 2.24) is 0 Å². The van der Waals surface area contributed by atoms with Gasteiger partial charge < -0.3 is 4.90 Å². The minimum absolute atomic E-state index is 0.262. The number of benzene rings is 1. The molecule has 0 bridgehead atoms. The van der Waals surface area contributed by atoms with Gasteiger partial charge in [-0.25, -0.2) is 4.39 Å². The number of alkyl halides is 1. The summed E-state index contributed by atoms with van der Waals surface area (Å²) in [5, 5.41) is 0. The smallest absolute Gasteiger partial charge is 0.123 e. The third-order valence-corrected chi connectivity index (χ3v) is 4.12. The van der Waals surface area contributed by atoms with E-state index in [1.54, 1.807) is 17.4 Å². The molecule has 1 nitrogen and oxygen atoms in total. The highest BCUT2D eigenvalue weighted by Gasteiger charge is 2.09. The Kier molecular flexibility index (Phi) is 4.49. The number of thiophene rings is 1. The molecule has 1 aromatic heterocycles. The minimum atomic E-state index is -0.262. The highest BCUT2D eigenvalue weighted by atomic mass is 35.5. The Bertz CT molecular complexity index is 542. The van der Waals surface area contributed by atoms with Crippen LogP contribution in [0.4, 0.5) is 10.1 Å². The lowest BCUT2D eigenvalue weighted by Crippen LogP contribution is -2.17. The van der Waals surface area contributed by atoms with Crippen LogP contribution >= 0.6 is 34.5 Å². The lowest BCUT2D eigenvalue weighted by Gasteiger charge is -2.21. The van der Waals surface area contributed by atoms with Crippen LogP contribution in [-0.4, -0.2) is 7.05 Å². The van der Waals surface area contributed by atoms with E-state index in [2.05, 4.69) is 0 Å². The average Bonchev–Trinajstić information content (AvgIpc) is 2.74. The highest BCUT2D eigenvalue weighted by molar-refractivity contribution is 7.16. The van der Waals surface area contributed by atoms with Crippen molar-refractivity contribution in [3.8, 4) is 0 Å². The van der Waals surface area contributed by atoms with Gasteiger partial charge >= 0.3 is 0 Å². The van der Waals surface area contributed by atoms with Gasteiger partial charge in [0.1, 0.15) is 5.82 Å². The van der Waals surface area contributed by atoms with Gasteiger partial charge in [-0.15, -0.1) is 22.9 Å². The van der Waals surface area contributed by atoms with Gasteiger partial charge in [0, 0.05) is 23.5 Å². The van der Waals surface area contributed by atoms with Crippen LogP contribution in [0.3, 0.4) is 0 Å². The topological polar surface area (TPSA) is 3.24 Å². The number of halogens is 3. The molecule has 2 rings (SSSR count). The molecule has 5 heteroatoms. The van der Waals surface area contributed by atoms with Gasteiger partial charge in [-0.05, 0) is 35.9 Å². The van der Waals surface area contributed by atoms with Crippen LogP contribution in [0.5, 0.6) is 0 Å². The predicted octanol–water partition coefficient (Wildman–Crippen LogP) is 4.92. The van der Waals surface area contributed by atoms with Crippen molar-refractivity contribution in [2.24, 2.45) is 0 Å². The lowest BCUT2D eigenvalue weighted by molar-refractivity contribution is 0.626. The Morgan fingerprint density at radius 1 is 1.28 bits per heavy atom. The monoisotopic (exact) mass is 303 g/mol. The minimum Gasteiger partial charge on any atom is -0.369 e. The van der Waals surface area contributed by atoms with E-state index in [0.717, 1.165) is 27.0 Å². The Morgan fingerprint density at radius 2 is 2.06 bits per heavy atom. The summed E-state index contributed by atoms with van der Waals surface area (Å²) in [6, 6.07) is 8.54. The fraction of sp³-hybridized carbons (Fsp3) is 0.231. The van der Waals surface area contributed by atoms with Crippen molar-refractivity contribution in [3.05, 3.63) is 50.9 Å². The SMILES string of the molecule is CN(Cc1ccc(Cl)s1)c1ccc(F)cc1CCl. The first kappa shape index (κ1) is 13.7. The Hall–Kier alpha value is -0.770. The van der Waals surface area contributed by atoms with E-state index in [0.29, 0.717) is 5.88 Å². The number of anilines is 1. The molecule has 18 heavy (non-hydrogen) atoms. The van der Waals surface area contributed by atoms with Crippen LogP contribution in [0.15, 0.2) is 30.3 Å². The van der Waals surface area contributed by atoms with Crippen LogP contribution < -0.4 is 4.90 Å². The summed E-state index contributed by atoms with van der Waals surface area (Å²) >= 11 is 13.3. The van der Waals surface area contributed by atoms with Crippen LogP contribution in [0.25, 0.3) is 0 Å². The number of rotatable bonds is 4. The second-order valence-corrected chi connectivity index (χ2v) is 6.04. The third kappa shape index (κ3) is 3.16. The molecule has 0 unspecified atom stereocenters. The second kappa shape index (κ2) is 5.91. The number of hydrogen-bond acceptors (Lipinski definition) is 2. The molecular formula is C13H12Cl2FNS. The second-order valence-electron chi connectivity index (χ2n) is 3.97. The zero-order valence-electron chi connectivity index (χ0n) is 9.79. The van der Waals surface area contributed by atoms with E-state index in [4.69, 9.17) is 23.2 Å². The Balaban J connectivity index is 2.20. The summed E-state index contributed by atoms with van der Waals surface area (Å²) in [7, 11) is 1.96. The molecule has 0 saturated heterocycles. The van der Waals surface area contributed by atoms with E-state index in [-0.39, 0.29) is 5.82 Å². The van der Waals surface area contributed by atoms with Crippen molar-refractivity contribution in [3.63, 3.8) is 0 Å². The fourth-order valence-corrected chi connectivity index (χ4v) is 3.14. The number of nitrogens with zero attached hydrogens (tertiary/aromatic N) is 1. The maximum absolute atomic E-state index is 13.1. The summed E-state index contributed by atoms with van der Waals surface area (Å²) in [6.07, 6.45) is 0. The highest BCUT2D eigenvalue weighted by Crippen LogP contribution is 2.27. The molecule has 0 atom stereocenters. The summed E-state index contributed by atoms with van der Waals surface area (Å²) in [6.45, 7) is 0.729. The van der Waals surface area contributed by atoms with Gasteiger partial charge in [0.15, 0.2) is 0 Å². The zero-order chi connectivity index (χ0) is 13.1. The van der Waals surface area contributed by atoms with Crippen LogP contribution in [0.1, 0.15) is 10.4 Å². The Morgan fingerprint density at radius 3 is 2.67 bits per heavy atom. The average molecular weight is 304 g/mol. The first-order valence-electron chi connectivity index (χ1n) is 5.40. The maximum atomic E-state index is 13.1. The largest absolute Gasteiger partial charge is 0.369 e. The van der Waals surface area contributed by atoms with Crippen molar-refractivity contribution in [2.75, 3.05) is 11.9 Å². The quantitative estimate of drug-likeness (QED) is 0.725. The molecule has 0 radical (unpaired) electrons. The van der Waals surface area contributed by atoms with Crippen LogP contribution in [-0.2, 0) is 12.4 Å². The third-order valence-electron chi connectivity index (χ3n) is 2.62. The van der Waals surface area contributed by atoms with E-state index in [1.807, 2.05) is 24.1 Å². The number of hydrogen-bond donors (Lipinski definition) is 0. The van der Waals surface area contributed by atoms with Gasteiger partial charge in [0.05, 0.1) is 10.9 Å². The maximum Gasteiger partial charge on any atom is 0.123 e. The van der Waals surface area contributed by atoms with E-state index in [9.17, 15) is 4.39 Å². The summed E-state index contributed by atoms with van der Waals surface area (Å²) < 4.78 is 13.9. The predicted molar refractivity (Wildman–Crippen MR) is 77.4 cm³/mol. The molecule has 0 aliphatic rings. The molecule has 0 N–H and O–H groups in total. The van der Waals surface area contributed by atoms with Crippen molar-refractivity contribution >= 4 is 40.2 Å². The molecule has 0 amide bonds. The zero-order valence-corrected chi connectivity index (χ0v) is 12.1. The first-order valence-corrected chi connectivity index (χ1v) is 7.13. The molecule has 96 valence electrons. The van der Waals surface area contributed by atoms with E-state index < -0.39 is 0 Å². The molecule has 0 spiro atoms. The normalized spacial score (nSPS) is 10.7. The van der Waals surface area contributed by atoms with Crippen molar-refractivity contribution in [2.45, 2.75) is 12.4 Å². The van der Waals surface area contributed by atoms with E-state index >= 15 is 0 Å². The van der Waals surface area contributed by atoms with Gasteiger partial charge in [-0.3, -0.25) is 0 Å². The molecule has 0 aliphatic carbocycles. The molecule has 0 saturated carbocycles. The Labute approximate surface area is 120 Å². The van der Waals surface area contributed by atoms with Crippen molar-refractivity contribution < 1.29 is 4.39 Å². The summed E-state index contributed by atoms with van der Waals surface area (Å²) in [5.41, 5.74) is 1.73. The summed E-state index contributed by atoms with van der Waals surface area (Å²) in [4.78, 5) is 3.20. The summed E-state index contributed by atoms with van der Waals surface area (Å²) in [5.74, 6) is 0.0322. The molecule has 0 aliphatic heterocycles. The van der Waals surface area contributed by atoms with Gasteiger partial charge in [-0.2, -0.15) is 0 Å². The molecule has 1 heterocycles. The van der Waals surface area contributed by atoms with Crippen LogP contribution in [0, 0.1) is 5.82 Å². The molecular weight excluding hydrogens is 292 g/mol. The standard InChI is InChI=1S/C13H12Cl2FNS/c1-17(8-11-3-5-13(15)18-11)12-4-2-10(16)6-9(12)7-14/h2-6H,7-8H2,1H3. The molecule has 0 fully saturated rings. The van der Waals surface area contributed by atoms with E-state index in [1.165, 1.54) is 12.1 Å². The van der Waals surface area contributed by atoms with Gasteiger partial charge in [-0.1, -0.05) is 11.6 Å². The first-order chi connectivity index (χ1) is 8.60. The fourth-order valence-electron chi connectivity index (χ4n) is 1.79.